The van der Waals surface area contributed by atoms with E-state index in [9.17, 15) is 14.7 Å². The molecule has 31 heavy (non-hydrogen) atoms. The summed E-state index contributed by atoms with van der Waals surface area (Å²) in [4.78, 5) is 27.4. The van der Waals surface area contributed by atoms with Crippen LogP contribution in [0, 0.1) is 0 Å². The standard InChI is InChI=1S/C23H31N3O4Si/c1-30-19-9-5-16(6-10-19)21(25-23(29)26-14-13-18(27)15-26)22(28)24-17-7-11-20(12-8-17)31(2,3)4/h5-12,18,21,27H,13-15H2,1-4H3,(H,24,28)(H,25,29)/t18-,21+/m0/s1. The molecule has 0 spiro atoms. The lowest BCUT2D eigenvalue weighted by molar-refractivity contribution is -0.118. The number of urea groups is 1. The molecule has 166 valence electrons. The van der Waals surface area contributed by atoms with Crippen LogP contribution in [0.1, 0.15) is 18.0 Å². The minimum Gasteiger partial charge on any atom is -0.497 e. The number of nitrogens with zero attached hydrogens (tertiary/aromatic N) is 1. The van der Waals surface area contributed by atoms with E-state index in [1.165, 1.54) is 10.1 Å². The first-order valence-electron chi connectivity index (χ1n) is 10.5. The van der Waals surface area contributed by atoms with Crippen molar-refractivity contribution >= 4 is 30.9 Å². The highest BCUT2D eigenvalue weighted by molar-refractivity contribution is 6.88. The summed E-state index contributed by atoms with van der Waals surface area (Å²) in [6, 6.07) is 13.7. The molecule has 0 aliphatic carbocycles. The van der Waals surface area contributed by atoms with Gasteiger partial charge in [-0.3, -0.25) is 4.79 Å². The number of aliphatic hydroxyl groups is 1. The number of hydrogen-bond donors (Lipinski definition) is 3. The van der Waals surface area contributed by atoms with Crippen LogP contribution in [0.3, 0.4) is 0 Å². The zero-order valence-corrected chi connectivity index (χ0v) is 19.5. The molecule has 0 aromatic heterocycles. The number of nitrogens with one attached hydrogen (secondary N) is 2. The van der Waals surface area contributed by atoms with Gasteiger partial charge in [0.15, 0.2) is 0 Å². The fourth-order valence-electron chi connectivity index (χ4n) is 3.51. The van der Waals surface area contributed by atoms with E-state index < -0.39 is 20.2 Å². The predicted molar refractivity (Wildman–Crippen MR) is 125 cm³/mol. The van der Waals surface area contributed by atoms with Gasteiger partial charge in [-0.1, -0.05) is 49.1 Å². The predicted octanol–water partition coefficient (Wildman–Crippen LogP) is 2.70. The minimum absolute atomic E-state index is 0.265. The molecule has 2 atom stereocenters. The van der Waals surface area contributed by atoms with Crippen LogP contribution in [0.15, 0.2) is 48.5 Å². The lowest BCUT2D eigenvalue weighted by Gasteiger charge is -2.23. The van der Waals surface area contributed by atoms with Crippen molar-refractivity contribution in [3.8, 4) is 5.75 Å². The number of ether oxygens (including phenoxy) is 1. The average molecular weight is 442 g/mol. The van der Waals surface area contributed by atoms with Gasteiger partial charge in [0.25, 0.3) is 5.91 Å². The molecule has 2 aromatic carbocycles. The second-order valence-electron chi connectivity index (χ2n) is 8.86. The molecule has 0 unspecified atom stereocenters. The molecule has 2 aromatic rings. The van der Waals surface area contributed by atoms with Crippen molar-refractivity contribution in [1.29, 1.82) is 0 Å². The molecule has 0 radical (unpaired) electrons. The lowest BCUT2D eigenvalue weighted by atomic mass is 10.1. The molecule has 1 saturated heterocycles. The summed E-state index contributed by atoms with van der Waals surface area (Å²) in [5.74, 6) is 0.331. The molecule has 0 saturated carbocycles. The number of carbonyl (C=O) groups is 2. The highest BCUT2D eigenvalue weighted by atomic mass is 28.3. The average Bonchev–Trinajstić information content (AvgIpc) is 3.18. The van der Waals surface area contributed by atoms with Crippen molar-refractivity contribution in [2.45, 2.75) is 38.2 Å². The molecule has 1 aliphatic rings. The second kappa shape index (κ2) is 9.53. The van der Waals surface area contributed by atoms with Crippen LogP contribution in [0.2, 0.25) is 19.6 Å². The molecule has 1 aliphatic heterocycles. The topological polar surface area (TPSA) is 90.9 Å². The van der Waals surface area contributed by atoms with Crippen molar-refractivity contribution < 1.29 is 19.4 Å². The summed E-state index contributed by atoms with van der Waals surface area (Å²) < 4.78 is 5.20. The third-order valence-electron chi connectivity index (χ3n) is 5.45. The maximum Gasteiger partial charge on any atom is 0.318 e. The summed E-state index contributed by atoms with van der Waals surface area (Å²) in [5, 5.41) is 16.8. The maximum atomic E-state index is 13.1. The van der Waals surface area contributed by atoms with E-state index in [4.69, 9.17) is 4.74 Å². The van der Waals surface area contributed by atoms with Gasteiger partial charge >= 0.3 is 6.03 Å². The van der Waals surface area contributed by atoms with Crippen LogP contribution < -0.4 is 20.6 Å². The van der Waals surface area contributed by atoms with Gasteiger partial charge in [0.05, 0.1) is 21.3 Å². The number of carbonyl (C=O) groups excluding carboxylic acids is 2. The van der Waals surface area contributed by atoms with Gasteiger partial charge in [-0.25, -0.2) is 4.79 Å². The van der Waals surface area contributed by atoms with E-state index in [-0.39, 0.29) is 18.5 Å². The van der Waals surface area contributed by atoms with Gasteiger partial charge in [0.2, 0.25) is 0 Å². The molecule has 7 nitrogen and oxygen atoms in total. The van der Waals surface area contributed by atoms with Gasteiger partial charge in [-0.05, 0) is 36.2 Å². The molecule has 3 amide bonds. The Morgan fingerprint density at radius 3 is 2.26 bits per heavy atom. The Kier molecular flexibility index (Phi) is 7.02. The number of rotatable bonds is 6. The van der Waals surface area contributed by atoms with E-state index >= 15 is 0 Å². The molecule has 3 N–H and O–H groups in total. The van der Waals surface area contributed by atoms with Crippen molar-refractivity contribution in [2.24, 2.45) is 0 Å². The maximum absolute atomic E-state index is 13.1. The van der Waals surface area contributed by atoms with Crippen LogP contribution >= 0.6 is 0 Å². The summed E-state index contributed by atoms with van der Waals surface area (Å²) in [5.41, 5.74) is 1.32. The Hall–Kier alpha value is -2.84. The fraction of sp³-hybridized carbons (Fsp3) is 0.391. The number of β-amino-alcohol motifs (C(OH)–C–C–N with tert-alkyl or cyclic N) is 1. The third kappa shape index (κ3) is 5.86. The van der Waals surface area contributed by atoms with Crippen LogP contribution in [0.5, 0.6) is 5.75 Å². The Bertz CT molecular complexity index is 910. The first kappa shape index (κ1) is 22.8. The molecular formula is C23H31N3O4Si. The summed E-state index contributed by atoms with van der Waals surface area (Å²) in [6.45, 7) is 7.53. The Labute approximate surface area is 184 Å². The van der Waals surface area contributed by atoms with Gasteiger partial charge < -0.3 is 25.4 Å². The number of methoxy groups -OCH3 is 1. The van der Waals surface area contributed by atoms with E-state index in [1.54, 1.807) is 31.4 Å². The minimum atomic E-state index is -1.43. The normalized spacial score (nSPS) is 17.2. The van der Waals surface area contributed by atoms with Gasteiger partial charge in [-0.2, -0.15) is 0 Å². The SMILES string of the molecule is COc1ccc([C@@H](NC(=O)N2CC[C@H](O)C2)C(=O)Nc2ccc([Si](C)(C)C)cc2)cc1. The Morgan fingerprint density at radius 1 is 1.10 bits per heavy atom. The lowest BCUT2D eigenvalue weighted by Crippen LogP contribution is -2.44. The molecule has 8 heteroatoms. The molecular weight excluding hydrogens is 410 g/mol. The Morgan fingerprint density at radius 2 is 1.74 bits per heavy atom. The van der Waals surface area contributed by atoms with Crippen LogP contribution in [-0.2, 0) is 4.79 Å². The van der Waals surface area contributed by atoms with Gasteiger partial charge in [0, 0.05) is 18.8 Å². The summed E-state index contributed by atoms with van der Waals surface area (Å²) in [6.07, 6.45) is 0.0138. The number of amides is 3. The van der Waals surface area contributed by atoms with Gasteiger partial charge in [0.1, 0.15) is 11.8 Å². The highest BCUT2D eigenvalue weighted by Gasteiger charge is 2.29. The quantitative estimate of drug-likeness (QED) is 0.601. The zero-order valence-electron chi connectivity index (χ0n) is 18.5. The summed E-state index contributed by atoms with van der Waals surface area (Å²) >= 11 is 0. The first-order valence-corrected chi connectivity index (χ1v) is 14.0. The number of anilines is 1. The van der Waals surface area contributed by atoms with E-state index in [1.807, 2.05) is 12.1 Å². The molecule has 3 rings (SSSR count). The molecule has 1 fully saturated rings. The summed E-state index contributed by atoms with van der Waals surface area (Å²) in [7, 11) is 0.143. The third-order valence-corrected chi connectivity index (χ3v) is 7.51. The van der Waals surface area contributed by atoms with Crippen molar-refractivity contribution in [3.63, 3.8) is 0 Å². The van der Waals surface area contributed by atoms with Crippen molar-refractivity contribution in [2.75, 3.05) is 25.5 Å². The number of likely N-dealkylation sites (tertiary alicyclic amines) is 1. The van der Waals surface area contributed by atoms with E-state index in [2.05, 4.69) is 42.4 Å². The number of benzene rings is 2. The highest BCUT2D eigenvalue weighted by Crippen LogP contribution is 2.21. The van der Waals surface area contributed by atoms with Crippen LogP contribution in [-0.4, -0.2) is 56.3 Å². The largest absolute Gasteiger partial charge is 0.497 e. The molecule has 1 heterocycles. The number of hydrogen-bond acceptors (Lipinski definition) is 4. The van der Waals surface area contributed by atoms with Crippen LogP contribution in [0.25, 0.3) is 0 Å². The van der Waals surface area contributed by atoms with Crippen molar-refractivity contribution in [1.82, 2.24) is 10.2 Å². The Balaban J connectivity index is 1.78. The van der Waals surface area contributed by atoms with Crippen LogP contribution in [0.4, 0.5) is 10.5 Å². The number of aliphatic hydroxyl groups excluding tert-OH is 1. The molecule has 0 bridgehead atoms. The van der Waals surface area contributed by atoms with E-state index in [0.29, 0.717) is 30.0 Å². The van der Waals surface area contributed by atoms with Gasteiger partial charge in [-0.15, -0.1) is 0 Å². The first-order chi connectivity index (χ1) is 14.7. The smallest absolute Gasteiger partial charge is 0.318 e. The zero-order chi connectivity index (χ0) is 22.6. The van der Waals surface area contributed by atoms with Crippen molar-refractivity contribution in [3.05, 3.63) is 54.1 Å². The fourth-order valence-corrected chi connectivity index (χ4v) is 4.67. The monoisotopic (exact) mass is 441 g/mol. The second-order valence-corrected chi connectivity index (χ2v) is 13.9. The van der Waals surface area contributed by atoms with E-state index in [0.717, 1.165) is 0 Å².